The molecule has 0 radical (unpaired) electrons. The van der Waals surface area contributed by atoms with Gasteiger partial charge in [-0.3, -0.25) is 9.69 Å². The van der Waals surface area contributed by atoms with Crippen molar-refractivity contribution in [2.45, 2.75) is 25.8 Å². The van der Waals surface area contributed by atoms with Gasteiger partial charge >= 0.3 is 0 Å². The molecule has 0 aromatic carbocycles. The predicted octanol–water partition coefficient (Wildman–Crippen LogP) is 3.70. The Morgan fingerprint density at radius 2 is 2.22 bits per heavy atom. The maximum absolute atomic E-state index is 12.3. The summed E-state index contributed by atoms with van der Waals surface area (Å²) < 4.78 is 5.58. The first kappa shape index (κ1) is 16.0. The van der Waals surface area contributed by atoms with Gasteiger partial charge in [0.1, 0.15) is 5.76 Å². The maximum atomic E-state index is 12.3. The van der Waals surface area contributed by atoms with E-state index in [9.17, 15) is 4.79 Å². The summed E-state index contributed by atoms with van der Waals surface area (Å²) in [5.74, 6) is 0.904. The quantitative estimate of drug-likeness (QED) is 0.822. The van der Waals surface area contributed by atoms with Crippen molar-refractivity contribution in [2.24, 2.45) is 0 Å². The molecule has 23 heavy (non-hydrogen) atoms. The Labute approximate surface area is 140 Å². The number of thiophene rings is 1. The highest BCUT2D eigenvalue weighted by molar-refractivity contribution is 7.10. The zero-order valence-corrected chi connectivity index (χ0v) is 14.1. The molecule has 2 aromatic rings. The highest BCUT2D eigenvalue weighted by atomic mass is 32.1. The van der Waals surface area contributed by atoms with Gasteiger partial charge in [0.15, 0.2) is 0 Å². The lowest BCUT2D eigenvalue weighted by Gasteiger charge is -2.26. The van der Waals surface area contributed by atoms with Crippen LogP contribution >= 0.6 is 11.3 Å². The van der Waals surface area contributed by atoms with E-state index in [1.807, 2.05) is 42.6 Å². The topological polar surface area (TPSA) is 45.5 Å². The molecule has 4 nitrogen and oxygen atoms in total. The third-order valence-electron chi connectivity index (χ3n) is 4.17. The normalized spacial score (nSPS) is 17.3. The van der Waals surface area contributed by atoms with E-state index >= 15 is 0 Å². The second-order valence-corrected chi connectivity index (χ2v) is 6.81. The molecule has 3 heterocycles. The Bertz CT molecular complexity index is 641. The van der Waals surface area contributed by atoms with Crippen LogP contribution in [0.2, 0.25) is 0 Å². The molecule has 0 aliphatic carbocycles. The van der Waals surface area contributed by atoms with E-state index in [0.717, 1.165) is 29.3 Å². The fourth-order valence-corrected chi connectivity index (χ4v) is 3.64. The largest absolute Gasteiger partial charge is 0.468 e. The summed E-state index contributed by atoms with van der Waals surface area (Å²) in [4.78, 5) is 15.8. The highest BCUT2D eigenvalue weighted by Crippen LogP contribution is 2.25. The molecule has 1 saturated heterocycles. The molecule has 0 spiro atoms. The Kier molecular flexibility index (Phi) is 5.31. The van der Waals surface area contributed by atoms with Crippen molar-refractivity contribution in [1.82, 2.24) is 10.2 Å². The van der Waals surface area contributed by atoms with Crippen LogP contribution in [-0.4, -0.2) is 30.4 Å². The molecule has 1 N–H and O–H groups in total. The van der Waals surface area contributed by atoms with E-state index in [1.54, 1.807) is 17.6 Å². The Balaban J connectivity index is 1.63. The zero-order valence-electron chi connectivity index (χ0n) is 13.3. The Hall–Kier alpha value is -1.85. The number of furan rings is 1. The molecular weight excluding hydrogens is 308 g/mol. The van der Waals surface area contributed by atoms with Gasteiger partial charge in [0.25, 0.3) is 0 Å². The molecule has 1 amide bonds. The fraction of sp³-hybridized carbons (Fsp3) is 0.389. The molecule has 122 valence electrons. The number of carbonyl (C=O) groups excluding carboxylic acids is 1. The molecule has 1 aliphatic rings. The number of hydrogen-bond donors (Lipinski definition) is 1. The van der Waals surface area contributed by atoms with Crippen LogP contribution in [0.1, 0.15) is 36.4 Å². The smallest absolute Gasteiger partial charge is 0.247 e. The average molecular weight is 330 g/mol. The Morgan fingerprint density at radius 1 is 1.39 bits per heavy atom. The average Bonchev–Trinajstić information content (AvgIpc) is 3.31. The van der Waals surface area contributed by atoms with Crippen molar-refractivity contribution in [3.63, 3.8) is 0 Å². The number of nitrogens with one attached hydrogen (secondary N) is 1. The first-order valence-corrected chi connectivity index (χ1v) is 8.89. The highest BCUT2D eigenvalue weighted by Gasteiger charge is 2.25. The van der Waals surface area contributed by atoms with Gasteiger partial charge in [0.2, 0.25) is 5.91 Å². The molecule has 1 unspecified atom stereocenters. The van der Waals surface area contributed by atoms with Gasteiger partial charge in [-0.25, -0.2) is 0 Å². The summed E-state index contributed by atoms with van der Waals surface area (Å²) in [6, 6.07) is 8.01. The monoisotopic (exact) mass is 330 g/mol. The molecule has 3 rings (SSSR count). The first-order valence-electron chi connectivity index (χ1n) is 8.01. The van der Waals surface area contributed by atoms with E-state index < -0.39 is 0 Å². The summed E-state index contributed by atoms with van der Waals surface area (Å²) in [6.45, 7) is 4.55. The van der Waals surface area contributed by atoms with E-state index in [2.05, 4.69) is 10.2 Å². The van der Waals surface area contributed by atoms with Gasteiger partial charge in [0, 0.05) is 17.0 Å². The molecule has 5 heteroatoms. The minimum atomic E-state index is -0.0193. The van der Waals surface area contributed by atoms with Crippen LogP contribution in [-0.2, 0) is 4.79 Å². The minimum Gasteiger partial charge on any atom is -0.468 e. The van der Waals surface area contributed by atoms with Crippen LogP contribution in [0.5, 0.6) is 0 Å². The van der Waals surface area contributed by atoms with Crippen LogP contribution in [0.25, 0.3) is 6.08 Å². The van der Waals surface area contributed by atoms with E-state index in [1.165, 1.54) is 12.8 Å². The third kappa shape index (κ3) is 4.12. The molecule has 1 aliphatic heterocycles. The van der Waals surface area contributed by atoms with Crippen LogP contribution in [0.15, 0.2) is 45.9 Å². The van der Waals surface area contributed by atoms with Gasteiger partial charge in [-0.15, -0.1) is 11.3 Å². The molecule has 1 atom stereocenters. The second kappa shape index (κ2) is 7.62. The van der Waals surface area contributed by atoms with Crippen molar-refractivity contribution < 1.29 is 9.21 Å². The van der Waals surface area contributed by atoms with Crippen LogP contribution in [0, 0.1) is 0 Å². The summed E-state index contributed by atoms with van der Waals surface area (Å²) >= 11 is 1.63. The molecule has 1 fully saturated rings. The summed E-state index contributed by atoms with van der Waals surface area (Å²) in [7, 11) is 0. The standard InChI is InChI=1S/C18H22N2O2S/c1-14(12-15-6-5-11-23-15)18(21)19-13-16(17-7-4-10-22-17)20-8-2-3-9-20/h4-7,10-12,16H,2-3,8-9,13H2,1H3,(H,19,21)/b14-12+. The van der Waals surface area contributed by atoms with Gasteiger partial charge in [-0.2, -0.15) is 0 Å². The summed E-state index contributed by atoms with van der Waals surface area (Å²) in [5, 5.41) is 5.07. The third-order valence-corrected chi connectivity index (χ3v) is 4.99. The number of rotatable bonds is 6. The van der Waals surface area contributed by atoms with Crippen molar-refractivity contribution in [3.05, 3.63) is 52.1 Å². The van der Waals surface area contributed by atoms with E-state index in [-0.39, 0.29) is 11.9 Å². The van der Waals surface area contributed by atoms with Crippen LogP contribution in [0.4, 0.5) is 0 Å². The second-order valence-electron chi connectivity index (χ2n) is 5.83. The van der Waals surface area contributed by atoms with Crippen molar-refractivity contribution in [1.29, 1.82) is 0 Å². The maximum Gasteiger partial charge on any atom is 0.247 e. The van der Waals surface area contributed by atoms with Gasteiger partial charge < -0.3 is 9.73 Å². The fourth-order valence-electron chi connectivity index (χ4n) is 2.92. The molecule has 0 saturated carbocycles. The van der Waals surface area contributed by atoms with E-state index in [0.29, 0.717) is 6.54 Å². The van der Waals surface area contributed by atoms with Gasteiger partial charge in [-0.05, 0) is 62.5 Å². The molecule has 2 aromatic heterocycles. The van der Waals surface area contributed by atoms with Crippen molar-refractivity contribution in [3.8, 4) is 0 Å². The number of hydrogen-bond acceptors (Lipinski definition) is 4. The van der Waals surface area contributed by atoms with Crippen LogP contribution in [0.3, 0.4) is 0 Å². The Morgan fingerprint density at radius 3 is 2.87 bits per heavy atom. The number of nitrogens with zero attached hydrogens (tertiary/aromatic N) is 1. The van der Waals surface area contributed by atoms with Crippen molar-refractivity contribution >= 4 is 23.3 Å². The number of amides is 1. The van der Waals surface area contributed by atoms with E-state index in [4.69, 9.17) is 4.42 Å². The lowest BCUT2D eigenvalue weighted by atomic mass is 10.1. The SMILES string of the molecule is C/C(=C\c1cccs1)C(=O)NCC(c1ccco1)N1CCCC1. The first-order chi connectivity index (χ1) is 11.2. The predicted molar refractivity (Wildman–Crippen MR) is 93.2 cm³/mol. The van der Waals surface area contributed by atoms with Crippen LogP contribution < -0.4 is 5.32 Å². The number of carbonyl (C=O) groups is 1. The van der Waals surface area contributed by atoms with Gasteiger partial charge in [0.05, 0.1) is 12.3 Å². The molecule has 0 bridgehead atoms. The minimum absolute atomic E-state index is 0.0193. The van der Waals surface area contributed by atoms with Crippen molar-refractivity contribution in [2.75, 3.05) is 19.6 Å². The summed E-state index contributed by atoms with van der Waals surface area (Å²) in [5.41, 5.74) is 0.729. The number of likely N-dealkylation sites (tertiary alicyclic amines) is 1. The summed E-state index contributed by atoms with van der Waals surface area (Å²) in [6.07, 6.45) is 6.05. The van der Waals surface area contributed by atoms with Gasteiger partial charge in [-0.1, -0.05) is 6.07 Å². The molecular formula is C18H22N2O2S. The lowest BCUT2D eigenvalue weighted by molar-refractivity contribution is -0.117. The zero-order chi connectivity index (χ0) is 16.1. The lowest BCUT2D eigenvalue weighted by Crippen LogP contribution is -2.36.